The third-order valence-corrected chi connectivity index (χ3v) is 2.84. The molecule has 0 N–H and O–H groups in total. The molecule has 0 unspecified atom stereocenters. The summed E-state index contributed by atoms with van der Waals surface area (Å²) in [6.07, 6.45) is 0. The Labute approximate surface area is 90.3 Å². The largest absolute Gasteiger partial charge is 0.376 e. The van der Waals surface area contributed by atoms with Crippen molar-refractivity contribution in [3.63, 3.8) is 0 Å². The predicted molar refractivity (Wildman–Crippen MR) is 64.5 cm³/mol. The van der Waals surface area contributed by atoms with E-state index in [-0.39, 0.29) is 0 Å². The molecule has 1 aromatic carbocycles. The van der Waals surface area contributed by atoms with Crippen LogP contribution in [0.4, 0.5) is 5.69 Å². The Morgan fingerprint density at radius 1 is 1.20 bits per heavy atom. The van der Waals surface area contributed by atoms with Gasteiger partial charge in [-0.25, -0.2) is 0 Å². The first-order valence-electron chi connectivity index (χ1n) is 5.12. The Bertz CT molecular complexity index is 509. The van der Waals surface area contributed by atoms with Gasteiger partial charge >= 0.3 is 0 Å². The van der Waals surface area contributed by atoms with Crippen molar-refractivity contribution in [2.75, 3.05) is 19.0 Å². The summed E-state index contributed by atoms with van der Waals surface area (Å²) < 4.78 is 1.94. The highest BCUT2D eigenvalue weighted by Crippen LogP contribution is 2.28. The average Bonchev–Trinajstić information content (AvgIpc) is 2.43. The highest BCUT2D eigenvalue weighted by Gasteiger charge is 2.11. The molecule has 80 valence electrons. The van der Waals surface area contributed by atoms with Crippen LogP contribution < -0.4 is 4.90 Å². The fourth-order valence-electron chi connectivity index (χ4n) is 1.88. The van der Waals surface area contributed by atoms with Gasteiger partial charge in [0.15, 0.2) is 0 Å². The van der Waals surface area contributed by atoms with Gasteiger partial charge in [-0.3, -0.25) is 4.68 Å². The van der Waals surface area contributed by atoms with Crippen LogP contribution in [0.3, 0.4) is 0 Å². The van der Waals surface area contributed by atoms with Gasteiger partial charge in [0.1, 0.15) is 5.52 Å². The summed E-state index contributed by atoms with van der Waals surface area (Å²) >= 11 is 0. The molecule has 0 spiro atoms. The number of fused-ring (bicyclic) bond motifs is 1. The lowest BCUT2D eigenvalue weighted by atomic mass is 10.1. The lowest BCUT2D eigenvalue weighted by molar-refractivity contribution is 0.751. The van der Waals surface area contributed by atoms with E-state index >= 15 is 0 Å². The zero-order valence-corrected chi connectivity index (χ0v) is 10.00. The summed E-state index contributed by atoms with van der Waals surface area (Å²) in [6.45, 7) is 4.23. The molecule has 1 aromatic heterocycles. The SMILES string of the molecule is Cc1cc(N(C)C)c2nn(C)c(C)c2c1. The molecule has 3 heteroatoms. The number of hydrogen-bond donors (Lipinski definition) is 0. The number of aryl methyl sites for hydroxylation is 3. The molecule has 0 saturated heterocycles. The Morgan fingerprint density at radius 2 is 1.87 bits per heavy atom. The van der Waals surface area contributed by atoms with E-state index in [1.807, 2.05) is 11.7 Å². The van der Waals surface area contributed by atoms with E-state index in [1.54, 1.807) is 0 Å². The number of benzene rings is 1. The van der Waals surface area contributed by atoms with Crippen molar-refractivity contribution < 1.29 is 0 Å². The molecule has 0 aliphatic rings. The van der Waals surface area contributed by atoms with Gasteiger partial charge in [0, 0.05) is 32.2 Å². The Kier molecular flexibility index (Phi) is 2.18. The fraction of sp³-hybridized carbons (Fsp3) is 0.417. The van der Waals surface area contributed by atoms with Gasteiger partial charge in [-0.1, -0.05) is 0 Å². The molecule has 2 rings (SSSR count). The first-order valence-corrected chi connectivity index (χ1v) is 5.12. The number of anilines is 1. The third kappa shape index (κ3) is 1.48. The quantitative estimate of drug-likeness (QED) is 0.709. The summed E-state index contributed by atoms with van der Waals surface area (Å²) in [5.74, 6) is 0. The first-order chi connectivity index (χ1) is 7.00. The second-order valence-corrected chi connectivity index (χ2v) is 4.28. The van der Waals surface area contributed by atoms with Gasteiger partial charge in [0.05, 0.1) is 5.69 Å². The fourth-order valence-corrected chi connectivity index (χ4v) is 1.88. The maximum Gasteiger partial charge on any atom is 0.116 e. The van der Waals surface area contributed by atoms with Crippen LogP contribution in [0.2, 0.25) is 0 Å². The zero-order chi connectivity index (χ0) is 11.2. The number of hydrogen-bond acceptors (Lipinski definition) is 2. The maximum atomic E-state index is 4.55. The monoisotopic (exact) mass is 203 g/mol. The summed E-state index contributed by atoms with van der Waals surface area (Å²) in [5, 5.41) is 5.80. The molecule has 2 aromatic rings. The van der Waals surface area contributed by atoms with Crippen molar-refractivity contribution in [1.29, 1.82) is 0 Å². The van der Waals surface area contributed by atoms with E-state index in [4.69, 9.17) is 0 Å². The van der Waals surface area contributed by atoms with Crippen molar-refractivity contribution >= 4 is 16.6 Å². The van der Waals surface area contributed by atoms with E-state index in [1.165, 1.54) is 22.3 Å². The van der Waals surface area contributed by atoms with Crippen LogP contribution in [-0.4, -0.2) is 23.9 Å². The molecule has 0 bridgehead atoms. The van der Waals surface area contributed by atoms with Crippen LogP contribution in [0.15, 0.2) is 12.1 Å². The second-order valence-electron chi connectivity index (χ2n) is 4.28. The normalized spacial score (nSPS) is 11.0. The van der Waals surface area contributed by atoms with Crippen LogP contribution in [0.25, 0.3) is 10.9 Å². The summed E-state index contributed by atoms with van der Waals surface area (Å²) in [5.41, 5.74) is 4.78. The van der Waals surface area contributed by atoms with Gasteiger partial charge in [0.2, 0.25) is 0 Å². The van der Waals surface area contributed by atoms with E-state index in [0.29, 0.717) is 0 Å². The van der Waals surface area contributed by atoms with Crippen molar-refractivity contribution in [3.05, 3.63) is 23.4 Å². The smallest absolute Gasteiger partial charge is 0.116 e. The molecule has 0 aliphatic carbocycles. The van der Waals surface area contributed by atoms with Gasteiger partial charge in [-0.15, -0.1) is 0 Å². The number of aromatic nitrogens is 2. The van der Waals surface area contributed by atoms with Crippen LogP contribution >= 0.6 is 0 Å². The molecule has 0 atom stereocenters. The maximum absolute atomic E-state index is 4.55. The molecule has 0 saturated carbocycles. The van der Waals surface area contributed by atoms with Gasteiger partial charge < -0.3 is 4.90 Å². The first kappa shape index (κ1) is 10.0. The Hall–Kier alpha value is -1.51. The van der Waals surface area contributed by atoms with E-state index in [9.17, 15) is 0 Å². The molecular weight excluding hydrogens is 186 g/mol. The molecule has 3 nitrogen and oxygen atoms in total. The zero-order valence-electron chi connectivity index (χ0n) is 10.00. The van der Waals surface area contributed by atoms with Crippen LogP contribution in [0.5, 0.6) is 0 Å². The summed E-state index contributed by atoms with van der Waals surface area (Å²) in [6, 6.07) is 4.37. The van der Waals surface area contributed by atoms with E-state index in [0.717, 1.165) is 5.52 Å². The molecular formula is C12H17N3. The molecule has 0 amide bonds. The van der Waals surface area contributed by atoms with Crippen molar-refractivity contribution in [3.8, 4) is 0 Å². The lowest BCUT2D eigenvalue weighted by Gasteiger charge is -2.13. The Balaban J connectivity index is 2.86. The second kappa shape index (κ2) is 3.26. The number of nitrogens with zero attached hydrogens (tertiary/aromatic N) is 3. The van der Waals surface area contributed by atoms with Crippen molar-refractivity contribution in [2.24, 2.45) is 7.05 Å². The molecule has 0 aliphatic heterocycles. The minimum atomic E-state index is 1.09. The van der Waals surface area contributed by atoms with Crippen molar-refractivity contribution in [1.82, 2.24) is 9.78 Å². The molecule has 0 fully saturated rings. The standard InChI is InChI=1S/C12H17N3/c1-8-6-10-9(2)15(5)13-12(10)11(7-8)14(3)4/h6-7H,1-5H3. The van der Waals surface area contributed by atoms with Gasteiger partial charge in [0.25, 0.3) is 0 Å². The van der Waals surface area contributed by atoms with Gasteiger partial charge in [-0.05, 0) is 31.5 Å². The van der Waals surface area contributed by atoms with Gasteiger partial charge in [-0.2, -0.15) is 5.10 Å². The highest BCUT2D eigenvalue weighted by atomic mass is 15.3. The molecule has 15 heavy (non-hydrogen) atoms. The minimum absolute atomic E-state index is 1.09. The van der Waals surface area contributed by atoms with Crippen LogP contribution in [0, 0.1) is 13.8 Å². The highest BCUT2D eigenvalue weighted by molar-refractivity contribution is 5.93. The summed E-state index contributed by atoms with van der Waals surface area (Å²) in [7, 11) is 6.10. The molecule has 0 radical (unpaired) electrons. The van der Waals surface area contributed by atoms with Crippen LogP contribution in [0.1, 0.15) is 11.3 Å². The molecule has 1 heterocycles. The van der Waals surface area contributed by atoms with Crippen LogP contribution in [-0.2, 0) is 7.05 Å². The Morgan fingerprint density at radius 3 is 2.47 bits per heavy atom. The number of rotatable bonds is 1. The lowest BCUT2D eigenvalue weighted by Crippen LogP contribution is -2.09. The third-order valence-electron chi connectivity index (χ3n) is 2.84. The predicted octanol–water partition coefficient (Wildman–Crippen LogP) is 2.26. The minimum Gasteiger partial charge on any atom is -0.376 e. The summed E-state index contributed by atoms with van der Waals surface area (Å²) in [4.78, 5) is 2.11. The average molecular weight is 203 g/mol. The van der Waals surface area contributed by atoms with E-state index < -0.39 is 0 Å². The van der Waals surface area contributed by atoms with E-state index in [2.05, 4.69) is 50.1 Å². The van der Waals surface area contributed by atoms with Crippen molar-refractivity contribution in [2.45, 2.75) is 13.8 Å². The topological polar surface area (TPSA) is 21.1 Å².